The summed E-state index contributed by atoms with van der Waals surface area (Å²) in [6.07, 6.45) is -0.208. The van der Waals surface area contributed by atoms with E-state index in [1.165, 1.54) is 5.56 Å². The molecule has 4 heteroatoms. The predicted molar refractivity (Wildman–Crippen MR) is 93.6 cm³/mol. The molecule has 0 saturated carbocycles. The molecule has 0 fully saturated rings. The minimum Gasteiger partial charge on any atom is -0.326 e. The summed E-state index contributed by atoms with van der Waals surface area (Å²) in [5, 5.41) is 5.49. The average Bonchev–Trinajstić information content (AvgIpc) is 2.50. The second-order valence-electron chi connectivity index (χ2n) is 5.86. The summed E-state index contributed by atoms with van der Waals surface area (Å²) in [5.74, 6) is -0.205. The van der Waals surface area contributed by atoms with Gasteiger partial charge < -0.3 is 10.6 Å². The van der Waals surface area contributed by atoms with Gasteiger partial charge in [-0.2, -0.15) is 0 Å². The van der Waals surface area contributed by atoms with Crippen LogP contribution in [0.2, 0.25) is 0 Å². The van der Waals surface area contributed by atoms with E-state index in [4.69, 9.17) is 0 Å². The van der Waals surface area contributed by atoms with Crippen molar-refractivity contribution >= 4 is 23.2 Å². The van der Waals surface area contributed by atoms with Crippen LogP contribution in [0, 0.1) is 6.92 Å². The van der Waals surface area contributed by atoms with Gasteiger partial charge in [0.1, 0.15) is 6.42 Å². The molecule has 2 amide bonds. The number of carbonyl (C=O) groups excluding carboxylic acids is 2. The Morgan fingerprint density at radius 2 is 1.52 bits per heavy atom. The second kappa shape index (κ2) is 7.58. The van der Waals surface area contributed by atoms with Crippen molar-refractivity contribution in [1.29, 1.82) is 0 Å². The van der Waals surface area contributed by atoms with Crippen LogP contribution in [0.3, 0.4) is 0 Å². The molecule has 120 valence electrons. The zero-order chi connectivity index (χ0) is 16.8. The Morgan fingerprint density at radius 1 is 0.913 bits per heavy atom. The van der Waals surface area contributed by atoms with Crippen molar-refractivity contribution in [1.82, 2.24) is 0 Å². The lowest BCUT2D eigenvalue weighted by Crippen LogP contribution is -2.21. The summed E-state index contributed by atoms with van der Waals surface area (Å²) < 4.78 is 0. The third kappa shape index (κ3) is 4.95. The van der Waals surface area contributed by atoms with E-state index in [1.807, 2.05) is 55.5 Å². The van der Waals surface area contributed by atoms with Crippen LogP contribution in [0.15, 0.2) is 48.5 Å². The molecule has 0 aromatic heterocycles. The minimum atomic E-state index is -0.326. The monoisotopic (exact) mass is 310 g/mol. The van der Waals surface area contributed by atoms with E-state index in [1.54, 1.807) is 0 Å². The van der Waals surface area contributed by atoms with Gasteiger partial charge in [-0.25, -0.2) is 0 Å². The van der Waals surface area contributed by atoms with Gasteiger partial charge in [-0.15, -0.1) is 0 Å². The van der Waals surface area contributed by atoms with Gasteiger partial charge in [-0.3, -0.25) is 9.59 Å². The minimum absolute atomic E-state index is 0.208. The number of amides is 2. The summed E-state index contributed by atoms with van der Waals surface area (Å²) in [5.41, 5.74) is 3.60. The molecule has 0 aliphatic heterocycles. The molecule has 0 atom stereocenters. The lowest BCUT2D eigenvalue weighted by Gasteiger charge is -2.10. The Morgan fingerprint density at radius 3 is 2.13 bits per heavy atom. The van der Waals surface area contributed by atoms with E-state index in [0.717, 1.165) is 11.3 Å². The lowest BCUT2D eigenvalue weighted by atomic mass is 10.0. The second-order valence-corrected chi connectivity index (χ2v) is 5.86. The number of hydrogen-bond acceptors (Lipinski definition) is 2. The molecule has 0 aliphatic carbocycles. The fourth-order valence-corrected chi connectivity index (χ4v) is 2.21. The number of para-hydroxylation sites is 1. The van der Waals surface area contributed by atoms with Crippen molar-refractivity contribution in [3.05, 3.63) is 59.7 Å². The Bertz CT molecular complexity index is 691. The van der Waals surface area contributed by atoms with Crippen molar-refractivity contribution in [2.75, 3.05) is 10.6 Å². The molecule has 0 spiro atoms. The number of rotatable bonds is 5. The normalized spacial score (nSPS) is 10.4. The standard InChI is InChI=1S/C19H22N2O2/c1-13(2)15-8-10-16(11-9-15)20-18(22)12-19(23)21-17-7-5-4-6-14(17)3/h4-11,13H,12H2,1-3H3,(H,20,22)(H,21,23). The maximum absolute atomic E-state index is 11.9. The van der Waals surface area contributed by atoms with E-state index >= 15 is 0 Å². The highest BCUT2D eigenvalue weighted by molar-refractivity contribution is 6.08. The van der Waals surface area contributed by atoms with Crippen LogP contribution in [-0.4, -0.2) is 11.8 Å². The molecule has 0 unspecified atom stereocenters. The van der Waals surface area contributed by atoms with Crippen molar-refractivity contribution in [3.63, 3.8) is 0 Å². The summed E-state index contributed by atoms with van der Waals surface area (Å²) in [6.45, 7) is 6.14. The van der Waals surface area contributed by atoms with Gasteiger partial charge in [0.15, 0.2) is 0 Å². The van der Waals surface area contributed by atoms with Crippen molar-refractivity contribution in [2.45, 2.75) is 33.1 Å². The topological polar surface area (TPSA) is 58.2 Å². The molecule has 0 bridgehead atoms. The van der Waals surface area contributed by atoms with Gasteiger partial charge in [0.05, 0.1) is 0 Å². The Kier molecular flexibility index (Phi) is 5.52. The molecule has 0 aliphatic rings. The number of aryl methyl sites for hydroxylation is 1. The Balaban J connectivity index is 1.89. The fourth-order valence-electron chi connectivity index (χ4n) is 2.21. The fraction of sp³-hybridized carbons (Fsp3) is 0.263. The molecule has 0 heterocycles. The van der Waals surface area contributed by atoms with Crippen LogP contribution in [0.5, 0.6) is 0 Å². The highest BCUT2D eigenvalue weighted by Crippen LogP contribution is 2.17. The maximum Gasteiger partial charge on any atom is 0.233 e. The van der Waals surface area contributed by atoms with E-state index in [0.29, 0.717) is 11.6 Å². The third-order valence-corrected chi connectivity index (χ3v) is 3.60. The highest BCUT2D eigenvalue weighted by atomic mass is 16.2. The zero-order valence-electron chi connectivity index (χ0n) is 13.7. The molecule has 4 nitrogen and oxygen atoms in total. The van der Waals surface area contributed by atoms with E-state index in [2.05, 4.69) is 24.5 Å². The van der Waals surface area contributed by atoms with Crippen LogP contribution < -0.4 is 10.6 Å². The van der Waals surface area contributed by atoms with Gasteiger partial charge in [0.2, 0.25) is 11.8 Å². The number of anilines is 2. The largest absolute Gasteiger partial charge is 0.326 e. The van der Waals surface area contributed by atoms with Crippen LogP contribution in [-0.2, 0) is 9.59 Å². The number of carbonyl (C=O) groups is 2. The van der Waals surface area contributed by atoms with Crippen molar-refractivity contribution in [2.24, 2.45) is 0 Å². The van der Waals surface area contributed by atoms with Crippen LogP contribution in [0.4, 0.5) is 11.4 Å². The average molecular weight is 310 g/mol. The quantitative estimate of drug-likeness (QED) is 0.817. The molecular formula is C19H22N2O2. The number of hydrogen-bond donors (Lipinski definition) is 2. The first-order valence-corrected chi connectivity index (χ1v) is 7.71. The van der Waals surface area contributed by atoms with Gasteiger partial charge in [0, 0.05) is 11.4 Å². The van der Waals surface area contributed by atoms with Crippen LogP contribution in [0.1, 0.15) is 37.3 Å². The first-order chi connectivity index (χ1) is 11.0. The van der Waals surface area contributed by atoms with Crippen molar-refractivity contribution in [3.8, 4) is 0 Å². The van der Waals surface area contributed by atoms with E-state index in [-0.39, 0.29) is 18.2 Å². The Hall–Kier alpha value is -2.62. The highest BCUT2D eigenvalue weighted by Gasteiger charge is 2.11. The molecule has 2 aromatic rings. The molecule has 2 aromatic carbocycles. The van der Waals surface area contributed by atoms with E-state index < -0.39 is 0 Å². The van der Waals surface area contributed by atoms with E-state index in [9.17, 15) is 9.59 Å². The zero-order valence-corrected chi connectivity index (χ0v) is 13.7. The number of benzene rings is 2. The molecular weight excluding hydrogens is 288 g/mol. The SMILES string of the molecule is Cc1ccccc1NC(=O)CC(=O)Nc1ccc(C(C)C)cc1. The smallest absolute Gasteiger partial charge is 0.233 e. The first-order valence-electron chi connectivity index (χ1n) is 7.71. The summed E-state index contributed by atoms with van der Waals surface area (Å²) >= 11 is 0. The summed E-state index contributed by atoms with van der Waals surface area (Å²) in [4.78, 5) is 23.9. The third-order valence-electron chi connectivity index (χ3n) is 3.60. The molecule has 0 radical (unpaired) electrons. The predicted octanol–water partition coefficient (Wildman–Crippen LogP) is 4.09. The van der Waals surface area contributed by atoms with Gasteiger partial charge in [0.25, 0.3) is 0 Å². The van der Waals surface area contributed by atoms with Gasteiger partial charge >= 0.3 is 0 Å². The van der Waals surface area contributed by atoms with Gasteiger partial charge in [-0.05, 0) is 42.2 Å². The first kappa shape index (κ1) is 16.7. The van der Waals surface area contributed by atoms with Crippen LogP contribution in [0.25, 0.3) is 0 Å². The maximum atomic E-state index is 11.9. The summed E-state index contributed by atoms with van der Waals surface area (Å²) in [7, 11) is 0. The van der Waals surface area contributed by atoms with Crippen LogP contribution >= 0.6 is 0 Å². The lowest BCUT2D eigenvalue weighted by molar-refractivity contribution is -0.123. The van der Waals surface area contributed by atoms with Gasteiger partial charge in [-0.1, -0.05) is 44.2 Å². The molecule has 2 rings (SSSR count). The van der Waals surface area contributed by atoms with Crippen molar-refractivity contribution < 1.29 is 9.59 Å². The Labute approximate surface area is 136 Å². The molecule has 2 N–H and O–H groups in total. The molecule has 0 saturated heterocycles. The number of nitrogens with one attached hydrogen (secondary N) is 2. The molecule has 23 heavy (non-hydrogen) atoms. The summed E-state index contributed by atoms with van der Waals surface area (Å²) in [6, 6.07) is 15.1.